The van der Waals surface area contributed by atoms with E-state index in [4.69, 9.17) is 4.74 Å². The number of nitrogens with one attached hydrogen (secondary N) is 2. The maximum absolute atomic E-state index is 12.4. The molecular weight excluding hydrogens is 318 g/mol. The molecule has 25 heavy (non-hydrogen) atoms. The zero-order valence-corrected chi connectivity index (χ0v) is 14.1. The number of aliphatic hydroxyl groups excluding tert-OH is 1. The largest absolute Gasteiger partial charge is 0.396 e. The Kier molecular flexibility index (Phi) is 5.63. The summed E-state index contributed by atoms with van der Waals surface area (Å²) in [6.45, 7) is 1.82. The summed E-state index contributed by atoms with van der Waals surface area (Å²) in [5.41, 5.74) is 2.50. The van der Waals surface area contributed by atoms with E-state index >= 15 is 0 Å². The van der Waals surface area contributed by atoms with E-state index < -0.39 is 0 Å². The zero-order chi connectivity index (χ0) is 17.5. The van der Waals surface area contributed by atoms with Gasteiger partial charge in [0.1, 0.15) is 0 Å². The second-order valence-corrected chi connectivity index (χ2v) is 6.37. The fourth-order valence-corrected chi connectivity index (χ4v) is 3.12. The SMILES string of the molecule is O=C(NCC1(CCO)CCOC1)Nc1ccccc1-c1ccncc1. The Balaban J connectivity index is 1.66. The van der Waals surface area contributed by atoms with Crippen LogP contribution >= 0.6 is 0 Å². The lowest BCUT2D eigenvalue weighted by molar-refractivity contribution is 0.126. The molecule has 1 unspecified atom stereocenters. The van der Waals surface area contributed by atoms with Crippen LogP contribution in [0.4, 0.5) is 10.5 Å². The van der Waals surface area contributed by atoms with Crippen molar-refractivity contribution in [1.82, 2.24) is 10.3 Å². The molecule has 132 valence electrons. The van der Waals surface area contributed by atoms with Crippen LogP contribution in [0.5, 0.6) is 0 Å². The van der Waals surface area contributed by atoms with Crippen LogP contribution < -0.4 is 10.6 Å². The van der Waals surface area contributed by atoms with Gasteiger partial charge in [0.05, 0.1) is 12.3 Å². The first-order valence-corrected chi connectivity index (χ1v) is 8.45. The standard InChI is InChI=1S/C19H23N3O3/c23-11-7-19(8-12-25-14-19)13-21-18(24)22-17-4-2-1-3-16(17)15-5-9-20-10-6-15/h1-6,9-10,23H,7-8,11-14H2,(H2,21,22,24). The minimum absolute atomic E-state index is 0.0948. The molecule has 1 aromatic carbocycles. The van der Waals surface area contributed by atoms with Crippen LogP contribution in [0, 0.1) is 5.41 Å². The third kappa shape index (κ3) is 4.35. The van der Waals surface area contributed by atoms with Gasteiger partial charge in [-0.15, -0.1) is 0 Å². The molecule has 1 aliphatic rings. The number of aromatic nitrogens is 1. The molecule has 0 radical (unpaired) electrons. The van der Waals surface area contributed by atoms with Gasteiger partial charge in [-0.05, 0) is 36.6 Å². The van der Waals surface area contributed by atoms with Gasteiger partial charge in [0, 0.05) is 43.1 Å². The van der Waals surface area contributed by atoms with Crippen molar-refractivity contribution in [3.8, 4) is 11.1 Å². The summed E-state index contributed by atoms with van der Waals surface area (Å²) in [7, 11) is 0. The summed E-state index contributed by atoms with van der Waals surface area (Å²) in [6, 6.07) is 11.2. The highest BCUT2D eigenvalue weighted by Crippen LogP contribution is 2.31. The van der Waals surface area contributed by atoms with Gasteiger partial charge in [-0.1, -0.05) is 18.2 Å². The minimum Gasteiger partial charge on any atom is -0.396 e. The molecule has 0 saturated carbocycles. The van der Waals surface area contributed by atoms with Gasteiger partial charge in [0.15, 0.2) is 0 Å². The lowest BCUT2D eigenvalue weighted by Gasteiger charge is -2.26. The van der Waals surface area contributed by atoms with E-state index in [-0.39, 0.29) is 18.1 Å². The van der Waals surface area contributed by atoms with Gasteiger partial charge >= 0.3 is 6.03 Å². The Hall–Kier alpha value is -2.44. The number of para-hydroxylation sites is 1. The predicted octanol–water partition coefficient (Wildman–Crippen LogP) is 2.66. The molecule has 0 aliphatic carbocycles. The molecule has 3 N–H and O–H groups in total. The number of benzene rings is 1. The van der Waals surface area contributed by atoms with E-state index in [2.05, 4.69) is 15.6 Å². The van der Waals surface area contributed by atoms with Crippen LogP contribution in [-0.4, -0.2) is 42.5 Å². The van der Waals surface area contributed by atoms with E-state index in [0.717, 1.165) is 23.2 Å². The smallest absolute Gasteiger partial charge is 0.319 e. The fraction of sp³-hybridized carbons (Fsp3) is 0.368. The van der Waals surface area contributed by atoms with Crippen molar-refractivity contribution in [3.05, 3.63) is 48.8 Å². The highest BCUT2D eigenvalue weighted by molar-refractivity contribution is 5.94. The number of aliphatic hydroxyl groups is 1. The van der Waals surface area contributed by atoms with Crippen LogP contribution in [-0.2, 0) is 4.74 Å². The molecule has 3 rings (SSSR count). The maximum atomic E-state index is 12.4. The second kappa shape index (κ2) is 8.09. The molecule has 1 fully saturated rings. The number of anilines is 1. The fourth-order valence-electron chi connectivity index (χ4n) is 3.12. The van der Waals surface area contributed by atoms with Gasteiger partial charge in [0.2, 0.25) is 0 Å². The number of rotatable bonds is 6. The molecule has 1 aromatic heterocycles. The Morgan fingerprint density at radius 1 is 1.24 bits per heavy atom. The Morgan fingerprint density at radius 3 is 2.76 bits per heavy atom. The monoisotopic (exact) mass is 341 g/mol. The summed E-state index contributed by atoms with van der Waals surface area (Å²) in [6.07, 6.45) is 4.93. The van der Waals surface area contributed by atoms with Gasteiger partial charge in [-0.2, -0.15) is 0 Å². The maximum Gasteiger partial charge on any atom is 0.319 e. The first-order chi connectivity index (χ1) is 12.2. The van der Waals surface area contributed by atoms with Crippen LogP contribution in [0.15, 0.2) is 48.8 Å². The van der Waals surface area contributed by atoms with Crippen molar-refractivity contribution in [2.45, 2.75) is 12.8 Å². The molecule has 2 aromatic rings. The average molecular weight is 341 g/mol. The molecule has 6 heteroatoms. The first-order valence-electron chi connectivity index (χ1n) is 8.45. The van der Waals surface area contributed by atoms with Crippen molar-refractivity contribution in [2.24, 2.45) is 5.41 Å². The number of carbonyl (C=O) groups is 1. The normalized spacial score (nSPS) is 19.6. The highest BCUT2D eigenvalue weighted by Gasteiger charge is 2.34. The molecule has 6 nitrogen and oxygen atoms in total. The zero-order valence-electron chi connectivity index (χ0n) is 14.1. The van der Waals surface area contributed by atoms with E-state index in [1.54, 1.807) is 12.4 Å². The Morgan fingerprint density at radius 2 is 2.04 bits per heavy atom. The van der Waals surface area contributed by atoms with Crippen LogP contribution in [0.3, 0.4) is 0 Å². The van der Waals surface area contributed by atoms with Crippen LogP contribution in [0.2, 0.25) is 0 Å². The molecule has 2 heterocycles. The number of carbonyl (C=O) groups excluding carboxylic acids is 1. The number of ether oxygens (including phenoxy) is 1. The van der Waals surface area contributed by atoms with Crippen molar-refractivity contribution in [3.63, 3.8) is 0 Å². The van der Waals surface area contributed by atoms with E-state index in [0.29, 0.717) is 26.2 Å². The number of urea groups is 1. The molecule has 2 amide bonds. The van der Waals surface area contributed by atoms with Crippen molar-refractivity contribution >= 4 is 11.7 Å². The molecule has 1 atom stereocenters. The van der Waals surface area contributed by atoms with Gasteiger partial charge in [-0.25, -0.2) is 4.79 Å². The molecule has 1 saturated heterocycles. The summed E-state index contributed by atoms with van der Waals surface area (Å²) in [5, 5.41) is 15.1. The molecule has 0 bridgehead atoms. The van der Waals surface area contributed by atoms with E-state index in [1.807, 2.05) is 36.4 Å². The van der Waals surface area contributed by atoms with E-state index in [9.17, 15) is 9.90 Å². The highest BCUT2D eigenvalue weighted by atomic mass is 16.5. The molecule has 0 spiro atoms. The third-order valence-corrected chi connectivity index (χ3v) is 4.62. The number of hydrogen-bond acceptors (Lipinski definition) is 4. The summed E-state index contributed by atoms with van der Waals surface area (Å²) >= 11 is 0. The molecule has 1 aliphatic heterocycles. The van der Waals surface area contributed by atoms with Gasteiger partial charge in [0.25, 0.3) is 0 Å². The van der Waals surface area contributed by atoms with E-state index in [1.165, 1.54) is 0 Å². The predicted molar refractivity (Wildman–Crippen MR) is 96.3 cm³/mol. The summed E-state index contributed by atoms with van der Waals surface area (Å²) in [5.74, 6) is 0. The number of pyridine rings is 1. The number of hydrogen-bond donors (Lipinski definition) is 3. The first kappa shape index (κ1) is 17.4. The van der Waals surface area contributed by atoms with Gasteiger partial charge < -0.3 is 20.5 Å². The van der Waals surface area contributed by atoms with Gasteiger partial charge in [-0.3, -0.25) is 4.98 Å². The Labute approximate surface area is 147 Å². The van der Waals surface area contributed by atoms with Crippen molar-refractivity contribution < 1.29 is 14.6 Å². The lowest BCUT2D eigenvalue weighted by atomic mass is 9.84. The third-order valence-electron chi connectivity index (χ3n) is 4.62. The minimum atomic E-state index is -0.259. The topological polar surface area (TPSA) is 83.5 Å². The quantitative estimate of drug-likeness (QED) is 0.754. The number of nitrogens with zero attached hydrogens (tertiary/aromatic N) is 1. The van der Waals surface area contributed by atoms with Crippen LogP contribution in [0.1, 0.15) is 12.8 Å². The van der Waals surface area contributed by atoms with Crippen LogP contribution in [0.25, 0.3) is 11.1 Å². The van der Waals surface area contributed by atoms with Crippen molar-refractivity contribution in [2.75, 3.05) is 31.7 Å². The number of amides is 2. The summed E-state index contributed by atoms with van der Waals surface area (Å²) < 4.78 is 5.45. The average Bonchev–Trinajstić information content (AvgIpc) is 3.11. The lowest BCUT2D eigenvalue weighted by Crippen LogP contribution is -2.40. The van der Waals surface area contributed by atoms with Crippen molar-refractivity contribution in [1.29, 1.82) is 0 Å². The summed E-state index contributed by atoms with van der Waals surface area (Å²) in [4.78, 5) is 16.4. The Bertz CT molecular complexity index is 700. The molecular formula is C19H23N3O3. The second-order valence-electron chi connectivity index (χ2n) is 6.37.